The Bertz CT molecular complexity index is 825. The molecule has 0 fully saturated rings. The number of aromatic nitrogens is 2. The molecule has 5 heteroatoms. The topological polar surface area (TPSA) is 37.5 Å². The van der Waals surface area contributed by atoms with Crippen LogP contribution in [0, 0.1) is 5.82 Å². The zero-order valence-corrected chi connectivity index (χ0v) is 13.1. The third-order valence-corrected chi connectivity index (χ3v) is 4.05. The molecule has 0 radical (unpaired) electrons. The first-order chi connectivity index (χ1) is 10.5. The summed E-state index contributed by atoms with van der Waals surface area (Å²) in [7, 11) is 0. The second kappa shape index (κ2) is 5.71. The van der Waals surface area contributed by atoms with Crippen LogP contribution in [0.3, 0.4) is 0 Å². The number of benzene rings is 1. The van der Waals surface area contributed by atoms with Gasteiger partial charge in [0.2, 0.25) is 0 Å². The van der Waals surface area contributed by atoms with E-state index in [-0.39, 0.29) is 18.3 Å². The summed E-state index contributed by atoms with van der Waals surface area (Å²) in [5.41, 5.74) is 3.91. The Morgan fingerprint density at radius 1 is 1.23 bits per heavy atom. The van der Waals surface area contributed by atoms with Crippen molar-refractivity contribution in [3.8, 4) is 11.3 Å². The van der Waals surface area contributed by atoms with E-state index in [9.17, 15) is 9.50 Å². The minimum atomic E-state index is -0.302. The number of hydrogen-bond acceptors (Lipinski definition) is 2. The average molecular weight is 319 g/mol. The van der Waals surface area contributed by atoms with Crippen molar-refractivity contribution in [2.75, 3.05) is 0 Å². The maximum Gasteiger partial charge on any atom is 0.123 e. The summed E-state index contributed by atoms with van der Waals surface area (Å²) in [6.45, 7) is 3.95. The smallest absolute Gasteiger partial charge is 0.123 e. The molecule has 1 aromatic carbocycles. The molecule has 1 N–H and O–H groups in total. The number of hydrogen-bond donors (Lipinski definition) is 1. The van der Waals surface area contributed by atoms with Crippen LogP contribution in [0.25, 0.3) is 16.8 Å². The van der Waals surface area contributed by atoms with Crippen molar-refractivity contribution in [3.05, 3.63) is 58.5 Å². The van der Waals surface area contributed by atoms with Gasteiger partial charge in [-0.2, -0.15) is 5.10 Å². The van der Waals surface area contributed by atoms with Crippen molar-refractivity contribution in [2.45, 2.75) is 26.4 Å². The Labute approximate surface area is 133 Å². The van der Waals surface area contributed by atoms with Crippen molar-refractivity contribution in [3.63, 3.8) is 0 Å². The van der Waals surface area contributed by atoms with E-state index >= 15 is 0 Å². The summed E-state index contributed by atoms with van der Waals surface area (Å²) in [6, 6.07) is 7.89. The Morgan fingerprint density at radius 3 is 2.50 bits per heavy atom. The van der Waals surface area contributed by atoms with E-state index in [0.717, 1.165) is 22.2 Å². The van der Waals surface area contributed by atoms with Crippen LogP contribution in [0.1, 0.15) is 30.9 Å². The molecule has 0 aliphatic rings. The van der Waals surface area contributed by atoms with E-state index < -0.39 is 0 Å². The number of rotatable bonds is 3. The molecule has 2 aromatic heterocycles. The van der Waals surface area contributed by atoms with Crippen molar-refractivity contribution < 1.29 is 9.50 Å². The zero-order valence-electron chi connectivity index (χ0n) is 12.3. The molecule has 3 aromatic rings. The molecular weight excluding hydrogens is 303 g/mol. The van der Waals surface area contributed by atoms with Crippen LogP contribution < -0.4 is 0 Å². The molecule has 0 unspecified atom stereocenters. The van der Waals surface area contributed by atoms with Gasteiger partial charge in [-0.25, -0.2) is 8.91 Å². The highest BCUT2D eigenvalue weighted by atomic mass is 35.5. The van der Waals surface area contributed by atoms with Crippen LogP contribution in [-0.4, -0.2) is 14.7 Å². The van der Waals surface area contributed by atoms with Gasteiger partial charge in [0.1, 0.15) is 5.82 Å². The minimum Gasteiger partial charge on any atom is -0.392 e. The SMILES string of the molecule is CC(C)c1c(CO)c(-c2ccc(F)cc2)nn2ccc(Cl)c12. The van der Waals surface area contributed by atoms with Crippen LogP contribution in [-0.2, 0) is 6.61 Å². The molecule has 3 rings (SSSR count). The van der Waals surface area contributed by atoms with Crippen LogP contribution in [0.2, 0.25) is 5.02 Å². The Kier molecular flexibility index (Phi) is 3.89. The average Bonchev–Trinajstić information content (AvgIpc) is 2.87. The predicted molar refractivity (Wildman–Crippen MR) is 85.6 cm³/mol. The largest absolute Gasteiger partial charge is 0.392 e. The number of fused-ring (bicyclic) bond motifs is 1. The quantitative estimate of drug-likeness (QED) is 0.776. The zero-order chi connectivity index (χ0) is 15.9. The van der Waals surface area contributed by atoms with E-state index in [1.165, 1.54) is 12.1 Å². The lowest BCUT2D eigenvalue weighted by atomic mass is 9.94. The van der Waals surface area contributed by atoms with Gasteiger partial charge in [0.15, 0.2) is 0 Å². The Balaban J connectivity index is 2.37. The second-order valence-electron chi connectivity index (χ2n) is 5.52. The van der Waals surface area contributed by atoms with Crippen LogP contribution in [0.15, 0.2) is 36.5 Å². The highest BCUT2D eigenvalue weighted by Gasteiger charge is 2.20. The molecule has 0 spiro atoms. The molecule has 0 saturated carbocycles. The fourth-order valence-electron chi connectivity index (χ4n) is 2.79. The first-order valence-electron chi connectivity index (χ1n) is 7.09. The lowest BCUT2D eigenvalue weighted by molar-refractivity contribution is 0.280. The van der Waals surface area contributed by atoms with Gasteiger partial charge < -0.3 is 5.11 Å². The first-order valence-corrected chi connectivity index (χ1v) is 7.47. The van der Waals surface area contributed by atoms with Gasteiger partial charge in [-0.3, -0.25) is 0 Å². The summed E-state index contributed by atoms with van der Waals surface area (Å²) in [4.78, 5) is 0. The minimum absolute atomic E-state index is 0.148. The van der Waals surface area contributed by atoms with Gasteiger partial charge in [0.05, 0.1) is 22.8 Å². The lowest BCUT2D eigenvalue weighted by Gasteiger charge is -2.17. The van der Waals surface area contributed by atoms with E-state index in [1.54, 1.807) is 28.9 Å². The van der Waals surface area contributed by atoms with Gasteiger partial charge in [-0.05, 0) is 41.8 Å². The number of halogens is 2. The van der Waals surface area contributed by atoms with Crippen molar-refractivity contribution in [1.82, 2.24) is 9.61 Å². The molecule has 0 amide bonds. The Hall–Kier alpha value is -1.91. The normalized spacial score (nSPS) is 11.5. The fraction of sp³-hybridized carbons (Fsp3) is 0.235. The second-order valence-corrected chi connectivity index (χ2v) is 5.92. The first kappa shape index (κ1) is 15.0. The molecular formula is C17H16ClFN2O. The lowest BCUT2D eigenvalue weighted by Crippen LogP contribution is -2.07. The molecule has 22 heavy (non-hydrogen) atoms. The number of nitrogens with zero attached hydrogens (tertiary/aromatic N) is 2. The standard InChI is InChI=1S/C17H16ClFN2O/c1-10(2)15-13(9-22)16(11-3-5-12(19)6-4-11)20-21-8-7-14(18)17(15)21/h3-8,10,22H,9H2,1-2H3. The summed E-state index contributed by atoms with van der Waals surface area (Å²) in [5, 5.41) is 15.1. The molecule has 3 nitrogen and oxygen atoms in total. The molecule has 0 aliphatic heterocycles. The van der Waals surface area contributed by atoms with Gasteiger partial charge in [0.25, 0.3) is 0 Å². The number of aliphatic hydroxyl groups excluding tert-OH is 1. The summed E-state index contributed by atoms with van der Waals surface area (Å²) >= 11 is 6.28. The van der Waals surface area contributed by atoms with Gasteiger partial charge >= 0.3 is 0 Å². The third-order valence-electron chi connectivity index (χ3n) is 3.74. The van der Waals surface area contributed by atoms with Crippen LogP contribution in [0.4, 0.5) is 4.39 Å². The van der Waals surface area contributed by atoms with Crippen LogP contribution in [0.5, 0.6) is 0 Å². The Morgan fingerprint density at radius 2 is 1.91 bits per heavy atom. The van der Waals surface area contributed by atoms with Gasteiger partial charge in [0, 0.05) is 17.3 Å². The molecule has 114 valence electrons. The molecule has 2 heterocycles. The maximum absolute atomic E-state index is 13.2. The van der Waals surface area contributed by atoms with Crippen molar-refractivity contribution in [1.29, 1.82) is 0 Å². The van der Waals surface area contributed by atoms with Gasteiger partial charge in [-0.15, -0.1) is 0 Å². The highest BCUT2D eigenvalue weighted by Crippen LogP contribution is 2.35. The summed E-state index contributed by atoms with van der Waals surface area (Å²) < 4.78 is 14.9. The van der Waals surface area contributed by atoms with Crippen molar-refractivity contribution >= 4 is 17.1 Å². The molecule has 0 aliphatic carbocycles. The molecule has 0 saturated heterocycles. The van der Waals surface area contributed by atoms with Crippen LogP contribution >= 0.6 is 11.6 Å². The maximum atomic E-state index is 13.2. The molecule has 0 atom stereocenters. The fourth-order valence-corrected chi connectivity index (χ4v) is 3.04. The van der Waals surface area contributed by atoms with E-state index in [0.29, 0.717) is 10.7 Å². The highest BCUT2D eigenvalue weighted by molar-refractivity contribution is 6.34. The van der Waals surface area contributed by atoms with E-state index in [4.69, 9.17) is 11.6 Å². The van der Waals surface area contributed by atoms with E-state index in [2.05, 4.69) is 5.10 Å². The predicted octanol–water partition coefficient (Wildman–Crippen LogP) is 4.41. The van der Waals surface area contributed by atoms with Gasteiger partial charge in [-0.1, -0.05) is 25.4 Å². The summed E-state index contributed by atoms with van der Waals surface area (Å²) in [5.74, 6) is -0.136. The third kappa shape index (κ3) is 2.38. The van der Waals surface area contributed by atoms with E-state index in [1.807, 2.05) is 13.8 Å². The monoisotopic (exact) mass is 318 g/mol. The molecule has 0 bridgehead atoms. The summed E-state index contributed by atoms with van der Waals surface area (Å²) in [6.07, 6.45) is 1.79. The van der Waals surface area contributed by atoms with Crippen molar-refractivity contribution in [2.24, 2.45) is 0 Å². The number of aliphatic hydroxyl groups is 1.